The average Bonchev–Trinajstić information content (AvgIpc) is 3.58. The molecule has 0 radical (unpaired) electrons. The van der Waals surface area contributed by atoms with Crippen LogP contribution < -0.4 is 10.5 Å². The number of nitrogens with one attached hydrogen (secondary N) is 1. The molecule has 34 heavy (non-hydrogen) atoms. The predicted molar refractivity (Wildman–Crippen MR) is 126 cm³/mol. The lowest BCUT2D eigenvalue weighted by Gasteiger charge is -2.20. The lowest BCUT2D eigenvalue weighted by molar-refractivity contribution is 0.0697. The van der Waals surface area contributed by atoms with Gasteiger partial charge in [0.2, 0.25) is 5.88 Å². The number of carboxylic acid groups (broad SMARTS) is 1. The van der Waals surface area contributed by atoms with E-state index in [1.807, 2.05) is 0 Å². The fraction of sp³-hybridized carbons (Fsp3) is 0.115. The van der Waals surface area contributed by atoms with Gasteiger partial charge in [0.15, 0.2) is 0 Å². The first kappa shape index (κ1) is 21.5. The van der Waals surface area contributed by atoms with Crippen LogP contribution in [0.1, 0.15) is 34.5 Å². The Morgan fingerprint density at radius 3 is 2.35 bits per heavy atom. The predicted octanol–water partition coefficient (Wildman–Crippen LogP) is 5.09. The van der Waals surface area contributed by atoms with Crippen LogP contribution in [0, 0.1) is 11.2 Å². The van der Waals surface area contributed by atoms with E-state index in [9.17, 15) is 14.3 Å². The van der Waals surface area contributed by atoms with Gasteiger partial charge in [0.1, 0.15) is 17.2 Å². The average molecular weight is 457 g/mol. The van der Waals surface area contributed by atoms with E-state index in [1.54, 1.807) is 24.3 Å². The van der Waals surface area contributed by atoms with Crippen molar-refractivity contribution in [2.75, 3.05) is 5.73 Å². The Labute approximate surface area is 193 Å². The third-order valence-electron chi connectivity index (χ3n) is 5.94. The van der Waals surface area contributed by atoms with Crippen LogP contribution in [-0.2, 0) is 5.60 Å². The summed E-state index contributed by atoms with van der Waals surface area (Å²) in [6.45, 7) is 0. The van der Waals surface area contributed by atoms with Gasteiger partial charge in [0.05, 0.1) is 11.3 Å². The standard InChI is InChI=1S/C26H20FN3O4/c27-17-5-1-14(2-6-17)22-19-11-16(13-28)21(29)12-20(19)24(30-23(22)26(33)9-10-26)34-18-7-3-15(4-8-18)25(31)32/h1-8,11-13,28,33H,9-10,29H2,(H,31,32). The van der Waals surface area contributed by atoms with Crippen molar-refractivity contribution < 1.29 is 24.1 Å². The summed E-state index contributed by atoms with van der Waals surface area (Å²) in [6.07, 6.45) is 2.16. The minimum atomic E-state index is -1.16. The molecule has 0 aliphatic heterocycles. The highest BCUT2D eigenvalue weighted by Crippen LogP contribution is 2.51. The first-order valence-corrected chi connectivity index (χ1v) is 10.6. The Morgan fingerprint density at radius 2 is 1.76 bits per heavy atom. The number of anilines is 1. The fourth-order valence-corrected chi connectivity index (χ4v) is 3.94. The molecule has 1 fully saturated rings. The lowest BCUT2D eigenvalue weighted by atomic mass is 9.92. The molecule has 1 aromatic heterocycles. The maximum atomic E-state index is 13.7. The number of ether oxygens (including phenoxy) is 1. The number of nitrogens with two attached hydrogens (primary N) is 1. The Balaban J connectivity index is 1.77. The highest BCUT2D eigenvalue weighted by atomic mass is 19.1. The van der Waals surface area contributed by atoms with Gasteiger partial charge in [0.25, 0.3) is 0 Å². The molecule has 170 valence electrons. The molecule has 0 spiro atoms. The van der Waals surface area contributed by atoms with Crippen molar-refractivity contribution in [3.8, 4) is 22.8 Å². The molecule has 0 amide bonds. The third-order valence-corrected chi connectivity index (χ3v) is 5.94. The van der Waals surface area contributed by atoms with E-state index in [-0.39, 0.29) is 17.3 Å². The van der Waals surface area contributed by atoms with E-state index in [0.717, 1.165) is 6.21 Å². The van der Waals surface area contributed by atoms with E-state index < -0.39 is 11.6 Å². The Hall–Kier alpha value is -4.30. The van der Waals surface area contributed by atoms with Crippen LogP contribution in [0.2, 0.25) is 0 Å². The largest absolute Gasteiger partial charge is 0.478 e. The van der Waals surface area contributed by atoms with Crippen LogP contribution in [0.25, 0.3) is 21.9 Å². The summed E-state index contributed by atoms with van der Waals surface area (Å²) in [5.41, 5.74) is 7.61. The van der Waals surface area contributed by atoms with Crippen LogP contribution in [-0.4, -0.2) is 27.4 Å². The summed E-state index contributed by atoms with van der Waals surface area (Å²) in [7, 11) is 0. The van der Waals surface area contributed by atoms with Crippen LogP contribution in [0.15, 0.2) is 60.7 Å². The lowest BCUT2D eigenvalue weighted by Crippen LogP contribution is -2.11. The van der Waals surface area contributed by atoms with E-state index in [2.05, 4.69) is 4.98 Å². The normalized spacial score (nSPS) is 14.1. The number of nitrogens with zero attached hydrogens (tertiary/aromatic N) is 1. The number of carboxylic acids is 1. The summed E-state index contributed by atoms with van der Waals surface area (Å²) < 4.78 is 19.7. The van der Waals surface area contributed by atoms with Crippen LogP contribution in [0.3, 0.4) is 0 Å². The zero-order chi connectivity index (χ0) is 24.0. The SMILES string of the molecule is N=Cc1cc2c(-c3ccc(F)cc3)c(C3(O)CC3)nc(Oc3ccc(C(=O)O)cc3)c2cc1N. The van der Waals surface area contributed by atoms with Crippen molar-refractivity contribution in [3.63, 3.8) is 0 Å². The maximum Gasteiger partial charge on any atom is 0.335 e. The molecule has 5 N–H and O–H groups in total. The second-order valence-corrected chi connectivity index (χ2v) is 8.28. The molecule has 1 aliphatic rings. The number of hydrogen-bond donors (Lipinski definition) is 4. The molecule has 4 aromatic rings. The van der Waals surface area contributed by atoms with Crippen LogP contribution >= 0.6 is 0 Å². The minimum Gasteiger partial charge on any atom is -0.478 e. The number of fused-ring (bicyclic) bond motifs is 1. The number of carbonyl (C=O) groups is 1. The summed E-state index contributed by atoms with van der Waals surface area (Å²) in [5, 5.41) is 29.2. The smallest absolute Gasteiger partial charge is 0.335 e. The highest BCUT2D eigenvalue weighted by Gasteiger charge is 2.46. The molecule has 3 aromatic carbocycles. The van der Waals surface area contributed by atoms with Gasteiger partial charge in [-0.3, -0.25) is 0 Å². The van der Waals surface area contributed by atoms with Crippen molar-refractivity contribution in [1.82, 2.24) is 4.98 Å². The summed E-state index contributed by atoms with van der Waals surface area (Å²) >= 11 is 0. The van der Waals surface area contributed by atoms with Gasteiger partial charge < -0.3 is 26.1 Å². The van der Waals surface area contributed by atoms with Gasteiger partial charge in [-0.05, 0) is 72.3 Å². The van der Waals surface area contributed by atoms with E-state index >= 15 is 0 Å². The molecule has 0 atom stereocenters. The molecule has 0 saturated heterocycles. The van der Waals surface area contributed by atoms with E-state index in [4.69, 9.17) is 21.0 Å². The molecule has 7 nitrogen and oxygen atoms in total. The molecule has 8 heteroatoms. The molecular weight excluding hydrogens is 437 g/mol. The number of hydrogen-bond acceptors (Lipinski definition) is 6. The first-order valence-electron chi connectivity index (χ1n) is 10.6. The van der Waals surface area contributed by atoms with Crippen molar-refractivity contribution in [3.05, 3.63) is 83.3 Å². The number of aromatic nitrogens is 1. The Bertz CT molecular complexity index is 1450. The van der Waals surface area contributed by atoms with Gasteiger partial charge in [0, 0.05) is 28.4 Å². The molecule has 0 bridgehead atoms. The monoisotopic (exact) mass is 457 g/mol. The van der Waals surface area contributed by atoms with Gasteiger partial charge in [-0.25, -0.2) is 14.2 Å². The maximum absolute atomic E-state index is 13.7. The number of nitrogen functional groups attached to an aromatic ring is 1. The van der Waals surface area contributed by atoms with E-state index in [0.29, 0.717) is 57.4 Å². The van der Waals surface area contributed by atoms with Gasteiger partial charge in [-0.2, -0.15) is 0 Å². The second-order valence-electron chi connectivity index (χ2n) is 8.28. The molecule has 5 rings (SSSR count). The molecule has 1 saturated carbocycles. The summed E-state index contributed by atoms with van der Waals surface area (Å²) in [6, 6.07) is 15.2. The number of rotatable bonds is 6. The summed E-state index contributed by atoms with van der Waals surface area (Å²) in [4.78, 5) is 15.8. The number of halogens is 1. The first-order chi connectivity index (χ1) is 16.3. The zero-order valence-electron chi connectivity index (χ0n) is 17.9. The van der Waals surface area contributed by atoms with Gasteiger partial charge >= 0.3 is 5.97 Å². The van der Waals surface area contributed by atoms with Crippen LogP contribution in [0.4, 0.5) is 10.1 Å². The zero-order valence-corrected chi connectivity index (χ0v) is 17.9. The molecule has 0 unspecified atom stereocenters. The fourth-order valence-electron chi connectivity index (χ4n) is 3.94. The quantitative estimate of drug-likeness (QED) is 0.236. The third kappa shape index (κ3) is 3.74. The van der Waals surface area contributed by atoms with Crippen molar-refractivity contribution in [1.29, 1.82) is 5.41 Å². The van der Waals surface area contributed by atoms with Crippen LogP contribution in [0.5, 0.6) is 11.6 Å². The Morgan fingerprint density at radius 1 is 1.09 bits per heavy atom. The van der Waals surface area contributed by atoms with Crippen molar-refractivity contribution >= 4 is 28.6 Å². The summed E-state index contributed by atoms with van der Waals surface area (Å²) in [5.74, 6) is -0.898. The number of pyridine rings is 1. The van der Waals surface area contributed by atoms with E-state index in [1.165, 1.54) is 36.4 Å². The number of benzene rings is 3. The molecule has 1 heterocycles. The van der Waals surface area contributed by atoms with Gasteiger partial charge in [-0.1, -0.05) is 12.1 Å². The molecule has 1 aliphatic carbocycles. The Kier molecular flexibility index (Phi) is 5.02. The van der Waals surface area contributed by atoms with Crippen molar-refractivity contribution in [2.45, 2.75) is 18.4 Å². The highest BCUT2D eigenvalue weighted by molar-refractivity contribution is 6.05. The number of aliphatic hydroxyl groups is 1. The van der Waals surface area contributed by atoms with Gasteiger partial charge in [-0.15, -0.1) is 0 Å². The number of aromatic carboxylic acids is 1. The van der Waals surface area contributed by atoms with Crippen molar-refractivity contribution in [2.24, 2.45) is 0 Å². The minimum absolute atomic E-state index is 0.115. The second kappa shape index (κ2) is 7.93. The molecular formula is C26H20FN3O4. The topological polar surface area (TPSA) is 130 Å².